The van der Waals surface area contributed by atoms with E-state index in [0.717, 1.165) is 41.0 Å². The van der Waals surface area contributed by atoms with E-state index in [4.69, 9.17) is 4.74 Å². The third-order valence-electron chi connectivity index (χ3n) is 4.70. The summed E-state index contributed by atoms with van der Waals surface area (Å²) in [7, 11) is 0. The van der Waals surface area contributed by atoms with Crippen molar-refractivity contribution in [3.05, 3.63) is 59.2 Å². The molecule has 3 rings (SSSR count). The van der Waals surface area contributed by atoms with Gasteiger partial charge in [0.25, 0.3) is 5.91 Å². The summed E-state index contributed by atoms with van der Waals surface area (Å²) >= 11 is 0. The van der Waals surface area contributed by atoms with Gasteiger partial charge in [0.05, 0.1) is 13.2 Å². The third-order valence-corrected chi connectivity index (χ3v) is 4.70. The Morgan fingerprint density at radius 1 is 1.22 bits per heavy atom. The quantitative estimate of drug-likeness (QED) is 0.756. The fourth-order valence-electron chi connectivity index (χ4n) is 3.34. The zero-order chi connectivity index (χ0) is 19.4. The summed E-state index contributed by atoms with van der Waals surface area (Å²) in [4.78, 5) is 26.4. The maximum atomic E-state index is 13.1. The standard InChI is InChI=1S/C22H26N2O3/c1-4-5-12-27-20-9-7-6-8-17(20)14-24-19-11-10-15(2)13-18(19)21(22(24)26)23-16(3)25/h6-11,13,21H,4-5,12,14H2,1-3H3,(H,23,25)/t21-/m1/s1. The molecule has 1 aliphatic rings. The van der Waals surface area contributed by atoms with Gasteiger partial charge in [-0.1, -0.05) is 49.2 Å². The minimum atomic E-state index is -0.634. The van der Waals surface area contributed by atoms with Crippen LogP contribution in [0.1, 0.15) is 49.4 Å². The van der Waals surface area contributed by atoms with E-state index in [2.05, 4.69) is 12.2 Å². The van der Waals surface area contributed by atoms with Crippen LogP contribution in [0.15, 0.2) is 42.5 Å². The Balaban J connectivity index is 1.90. The van der Waals surface area contributed by atoms with Crippen molar-refractivity contribution < 1.29 is 14.3 Å². The van der Waals surface area contributed by atoms with E-state index < -0.39 is 6.04 Å². The molecule has 0 unspecified atom stereocenters. The van der Waals surface area contributed by atoms with Crippen molar-refractivity contribution in [1.82, 2.24) is 5.32 Å². The lowest BCUT2D eigenvalue weighted by Crippen LogP contribution is -2.36. The molecule has 1 aliphatic heterocycles. The first-order chi connectivity index (χ1) is 13.0. The molecule has 0 fully saturated rings. The maximum absolute atomic E-state index is 13.1. The number of benzene rings is 2. The van der Waals surface area contributed by atoms with E-state index in [1.807, 2.05) is 49.4 Å². The smallest absolute Gasteiger partial charge is 0.254 e. The number of rotatable bonds is 7. The lowest BCUT2D eigenvalue weighted by molar-refractivity contribution is -0.126. The number of amides is 2. The molecule has 0 aromatic heterocycles. The number of carbonyl (C=O) groups is 2. The second-order valence-electron chi connectivity index (χ2n) is 6.93. The highest BCUT2D eigenvalue weighted by molar-refractivity contribution is 6.06. The first-order valence-electron chi connectivity index (χ1n) is 9.41. The van der Waals surface area contributed by atoms with Gasteiger partial charge in [-0.05, 0) is 25.5 Å². The summed E-state index contributed by atoms with van der Waals surface area (Å²) in [5.74, 6) is 0.468. The monoisotopic (exact) mass is 366 g/mol. The number of nitrogens with one attached hydrogen (secondary N) is 1. The Morgan fingerprint density at radius 2 is 2.00 bits per heavy atom. The largest absolute Gasteiger partial charge is 0.493 e. The Morgan fingerprint density at radius 3 is 2.74 bits per heavy atom. The molecule has 0 spiro atoms. The van der Waals surface area contributed by atoms with Crippen molar-refractivity contribution in [3.8, 4) is 5.75 Å². The number of hydrogen-bond acceptors (Lipinski definition) is 3. The predicted molar refractivity (Wildman–Crippen MR) is 106 cm³/mol. The van der Waals surface area contributed by atoms with Crippen LogP contribution in [0.5, 0.6) is 5.75 Å². The number of para-hydroxylation sites is 1. The van der Waals surface area contributed by atoms with Crippen LogP contribution in [0.3, 0.4) is 0 Å². The highest BCUT2D eigenvalue weighted by Crippen LogP contribution is 2.38. The molecule has 2 amide bonds. The van der Waals surface area contributed by atoms with Crippen molar-refractivity contribution in [2.45, 2.75) is 46.2 Å². The van der Waals surface area contributed by atoms with Crippen molar-refractivity contribution in [3.63, 3.8) is 0 Å². The highest BCUT2D eigenvalue weighted by atomic mass is 16.5. The van der Waals surface area contributed by atoms with Crippen molar-refractivity contribution in [2.75, 3.05) is 11.5 Å². The number of hydrogen-bond donors (Lipinski definition) is 1. The molecule has 0 saturated carbocycles. The van der Waals surface area contributed by atoms with E-state index in [1.54, 1.807) is 4.90 Å². The summed E-state index contributed by atoms with van der Waals surface area (Å²) in [5, 5.41) is 2.79. The molecule has 2 aromatic carbocycles. The maximum Gasteiger partial charge on any atom is 0.254 e. The van der Waals surface area contributed by atoms with Crippen molar-refractivity contribution in [1.29, 1.82) is 0 Å². The molecule has 0 bridgehead atoms. The third kappa shape index (κ3) is 4.13. The minimum Gasteiger partial charge on any atom is -0.493 e. The predicted octanol–water partition coefficient (Wildman–Crippen LogP) is 3.90. The van der Waals surface area contributed by atoms with E-state index in [-0.39, 0.29) is 11.8 Å². The first-order valence-corrected chi connectivity index (χ1v) is 9.41. The summed E-state index contributed by atoms with van der Waals surface area (Å²) in [6.07, 6.45) is 2.06. The van der Waals surface area contributed by atoms with E-state index in [1.165, 1.54) is 6.92 Å². The van der Waals surface area contributed by atoms with Crippen molar-refractivity contribution in [2.24, 2.45) is 0 Å². The van der Waals surface area contributed by atoms with Gasteiger partial charge < -0.3 is 15.0 Å². The molecule has 0 saturated heterocycles. The number of aryl methyl sites for hydroxylation is 1. The van der Waals surface area contributed by atoms with E-state index >= 15 is 0 Å². The molecule has 1 N–H and O–H groups in total. The van der Waals surface area contributed by atoms with Gasteiger partial charge in [-0.3, -0.25) is 9.59 Å². The van der Waals surface area contributed by atoms with Crippen LogP contribution in [0, 0.1) is 6.92 Å². The molecule has 1 heterocycles. The van der Waals surface area contributed by atoms with Crippen LogP contribution in [0.4, 0.5) is 5.69 Å². The zero-order valence-corrected chi connectivity index (χ0v) is 16.1. The number of fused-ring (bicyclic) bond motifs is 1. The summed E-state index contributed by atoms with van der Waals surface area (Å²) < 4.78 is 5.91. The normalized spacial score (nSPS) is 15.6. The average molecular weight is 366 g/mol. The van der Waals surface area contributed by atoms with Gasteiger partial charge in [0.1, 0.15) is 11.8 Å². The van der Waals surface area contributed by atoms with Crippen LogP contribution in [-0.4, -0.2) is 18.4 Å². The van der Waals surface area contributed by atoms with Gasteiger partial charge >= 0.3 is 0 Å². The minimum absolute atomic E-state index is 0.117. The number of nitrogens with zero attached hydrogens (tertiary/aromatic N) is 1. The Kier molecular flexibility index (Phi) is 5.79. The van der Waals surface area contributed by atoms with Gasteiger partial charge in [0.2, 0.25) is 5.91 Å². The molecule has 0 aliphatic carbocycles. The van der Waals surface area contributed by atoms with Crippen LogP contribution in [0.25, 0.3) is 0 Å². The van der Waals surface area contributed by atoms with Gasteiger partial charge in [-0.2, -0.15) is 0 Å². The van der Waals surface area contributed by atoms with Crippen molar-refractivity contribution >= 4 is 17.5 Å². The molecule has 1 atom stereocenters. The van der Waals surface area contributed by atoms with E-state index in [0.29, 0.717) is 13.2 Å². The second kappa shape index (κ2) is 8.25. The Hall–Kier alpha value is -2.82. The molecule has 5 heteroatoms. The van der Waals surface area contributed by atoms with Crippen LogP contribution in [0.2, 0.25) is 0 Å². The number of anilines is 1. The summed E-state index contributed by atoms with van der Waals surface area (Å²) in [6.45, 7) is 6.61. The molecule has 0 radical (unpaired) electrons. The fraction of sp³-hybridized carbons (Fsp3) is 0.364. The molecule has 5 nitrogen and oxygen atoms in total. The second-order valence-corrected chi connectivity index (χ2v) is 6.93. The molecule has 27 heavy (non-hydrogen) atoms. The van der Waals surface area contributed by atoms with Gasteiger partial charge in [0, 0.05) is 23.7 Å². The molecular formula is C22H26N2O3. The molecule has 2 aromatic rings. The van der Waals surface area contributed by atoms with Gasteiger partial charge in [-0.15, -0.1) is 0 Å². The molecular weight excluding hydrogens is 340 g/mol. The summed E-state index contributed by atoms with van der Waals surface area (Å²) in [5.41, 5.74) is 3.70. The highest BCUT2D eigenvalue weighted by Gasteiger charge is 2.38. The average Bonchev–Trinajstić information content (AvgIpc) is 2.88. The Bertz CT molecular complexity index is 847. The van der Waals surface area contributed by atoms with Gasteiger partial charge in [-0.25, -0.2) is 0 Å². The number of unbranched alkanes of at least 4 members (excludes halogenated alkanes) is 1. The zero-order valence-electron chi connectivity index (χ0n) is 16.1. The SMILES string of the molecule is CCCCOc1ccccc1CN1C(=O)[C@H](NC(C)=O)c2cc(C)ccc21. The lowest BCUT2D eigenvalue weighted by Gasteiger charge is -2.20. The van der Waals surface area contributed by atoms with Gasteiger partial charge in [0.15, 0.2) is 0 Å². The number of ether oxygens (including phenoxy) is 1. The molecule has 142 valence electrons. The van der Waals surface area contributed by atoms with Crippen LogP contribution in [-0.2, 0) is 16.1 Å². The Labute approximate surface area is 160 Å². The van der Waals surface area contributed by atoms with Crippen LogP contribution >= 0.6 is 0 Å². The summed E-state index contributed by atoms with van der Waals surface area (Å²) in [6, 6.07) is 13.1. The fourth-order valence-corrected chi connectivity index (χ4v) is 3.34. The number of carbonyl (C=O) groups excluding carboxylic acids is 2. The van der Waals surface area contributed by atoms with E-state index in [9.17, 15) is 9.59 Å². The lowest BCUT2D eigenvalue weighted by atomic mass is 10.1. The first kappa shape index (κ1) is 19.0. The topological polar surface area (TPSA) is 58.6 Å². The van der Waals surface area contributed by atoms with Crippen LogP contribution < -0.4 is 15.0 Å².